The maximum Gasteiger partial charge on any atom is 0.262 e. The third-order valence-corrected chi connectivity index (χ3v) is 7.45. The number of aromatic nitrogens is 2. The summed E-state index contributed by atoms with van der Waals surface area (Å²) in [5.74, 6) is 0. The van der Waals surface area contributed by atoms with Crippen LogP contribution in [0.15, 0.2) is 11.1 Å². The molecule has 1 aromatic heterocycles. The molecule has 3 fully saturated rings. The summed E-state index contributed by atoms with van der Waals surface area (Å²) in [6, 6.07) is 2.14. The molecule has 0 radical (unpaired) electrons. The van der Waals surface area contributed by atoms with Crippen molar-refractivity contribution in [3.05, 3.63) is 11.8 Å². The highest BCUT2D eigenvalue weighted by Crippen LogP contribution is 2.48. The van der Waals surface area contributed by atoms with Gasteiger partial charge in [0, 0.05) is 45.4 Å². The Morgan fingerprint density at radius 1 is 1.40 bits per heavy atom. The Morgan fingerprint density at radius 3 is 2.88 bits per heavy atom. The fourth-order valence-electron chi connectivity index (χ4n) is 4.42. The summed E-state index contributed by atoms with van der Waals surface area (Å²) in [7, 11) is -1.94. The van der Waals surface area contributed by atoms with Crippen molar-refractivity contribution in [2.24, 2.45) is 5.41 Å². The van der Waals surface area contributed by atoms with Gasteiger partial charge >= 0.3 is 0 Å². The maximum atomic E-state index is 12.7. The topological polar surface area (TPSA) is 87.8 Å². The van der Waals surface area contributed by atoms with Gasteiger partial charge < -0.3 is 9.47 Å². The highest BCUT2D eigenvalue weighted by molar-refractivity contribution is 7.89. The molecule has 140 valence electrons. The Bertz CT molecular complexity index is 707. The van der Waals surface area contributed by atoms with Gasteiger partial charge in [-0.3, -0.25) is 10.00 Å². The van der Waals surface area contributed by atoms with E-state index >= 15 is 0 Å². The van der Waals surface area contributed by atoms with Crippen molar-refractivity contribution in [1.82, 2.24) is 19.4 Å². The van der Waals surface area contributed by atoms with Gasteiger partial charge in [-0.15, -0.1) is 0 Å². The molecule has 0 amide bonds. The van der Waals surface area contributed by atoms with Crippen molar-refractivity contribution < 1.29 is 17.9 Å². The molecule has 1 N–H and O–H groups in total. The summed E-state index contributed by atoms with van der Waals surface area (Å²) in [4.78, 5) is 2.51. The minimum atomic E-state index is -3.50. The molecule has 1 aromatic rings. The number of ether oxygens (including phenoxy) is 2. The van der Waals surface area contributed by atoms with Gasteiger partial charge in [0.05, 0.1) is 25.5 Å². The van der Waals surface area contributed by atoms with Crippen LogP contribution in [0.1, 0.15) is 25.0 Å². The molecule has 3 aliphatic rings. The fourth-order valence-corrected chi connectivity index (χ4v) is 6.03. The van der Waals surface area contributed by atoms with Crippen molar-refractivity contribution in [3.8, 4) is 0 Å². The third kappa shape index (κ3) is 3.23. The maximum absolute atomic E-state index is 12.7. The second-order valence-corrected chi connectivity index (χ2v) is 9.37. The molecule has 0 aromatic carbocycles. The standard InChI is InChI=1S/C16H26N4O4S/c1-23-10-13-8-15(18-17-13)25(21,22)20-11-16(12-20)3-2-14(9-16)19-4-6-24-7-5-19/h8,14H,2-7,9-12H2,1H3,(H,17,18). The number of hydrogen-bond donors (Lipinski definition) is 1. The number of rotatable bonds is 5. The minimum Gasteiger partial charge on any atom is -0.379 e. The van der Waals surface area contributed by atoms with Gasteiger partial charge in [-0.1, -0.05) is 0 Å². The van der Waals surface area contributed by atoms with Gasteiger partial charge in [-0.2, -0.15) is 9.40 Å². The van der Waals surface area contributed by atoms with Gasteiger partial charge in [0.1, 0.15) is 0 Å². The number of hydrogen-bond acceptors (Lipinski definition) is 6. The summed E-state index contributed by atoms with van der Waals surface area (Å²) in [5, 5.41) is 6.78. The zero-order chi connectivity index (χ0) is 17.5. The predicted molar refractivity (Wildman–Crippen MR) is 90.5 cm³/mol. The van der Waals surface area contributed by atoms with Crippen LogP contribution in [-0.4, -0.2) is 80.4 Å². The number of nitrogens with one attached hydrogen (secondary N) is 1. The molecule has 0 bridgehead atoms. The molecular weight excluding hydrogens is 344 g/mol. The van der Waals surface area contributed by atoms with E-state index in [4.69, 9.17) is 9.47 Å². The van der Waals surface area contributed by atoms with Crippen LogP contribution in [-0.2, 0) is 26.1 Å². The molecule has 1 atom stereocenters. The van der Waals surface area contributed by atoms with Crippen LogP contribution in [0.3, 0.4) is 0 Å². The molecule has 8 nitrogen and oxygen atoms in total. The molecule has 1 saturated carbocycles. The lowest BCUT2D eigenvalue weighted by atomic mass is 9.80. The van der Waals surface area contributed by atoms with E-state index in [1.165, 1.54) is 0 Å². The second kappa shape index (κ2) is 6.62. The van der Waals surface area contributed by atoms with E-state index in [2.05, 4.69) is 15.1 Å². The molecular formula is C16H26N4O4S. The molecule has 25 heavy (non-hydrogen) atoms. The first-order valence-electron chi connectivity index (χ1n) is 8.88. The lowest BCUT2D eigenvalue weighted by Gasteiger charge is -2.47. The molecule has 1 spiro atoms. The Morgan fingerprint density at radius 2 is 2.16 bits per heavy atom. The summed E-state index contributed by atoms with van der Waals surface area (Å²) in [5.41, 5.74) is 0.825. The minimum absolute atomic E-state index is 0.0946. The van der Waals surface area contributed by atoms with E-state index in [9.17, 15) is 8.42 Å². The van der Waals surface area contributed by atoms with Crippen molar-refractivity contribution >= 4 is 10.0 Å². The summed E-state index contributed by atoms with van der Waals surface area (Å²) >= 11 is 0. The van der Waals surface area contributed by atoms with Crippen LogP contribution in [0, 0.1) is 5.41 Å². The zero-order valence-corrected chi connectivity index (χ0v) is 15.4. The van der Waals surface area contributed by atoms with E-state index in [0.29, 0.717) is 31.4 Å². The molecule has 2 saturated heterocycles. The number of aromatic amines is 1. The SMILES string of the molecule is COCc1cc(S(=O)(=O)N2CC3(CCC(N4CCOCC4)C3)C2)n[nH]1. The first-order valence-corrected chi connectivity index (χ1v) is 10.3. The Hall–Kier alpha value is -1.00. The van der Waals surface area contributed by atoms with Crippen molar-refractivity contribution in [3.63, 3.8) is 0 Å². The third-order valence-electron chi connectivity index (χ3n) is 5.77. The van der Waals surface area contributed by atoms with Gasteiger partial charge in [-0.05, 0) is 24.7 Å². The normalized spacial score (nSPS) is 27.6. The van der Waals surface area contributed by atoms with E-state index in [0.717, 1.165) is 45.6 Å². The van der Waals surface area contributed by atoms with E-state index in [-0.39, 0.29) is 10.4 Å². The Balaban J connectivity index is 1.37. The van der Waals surface area contributed by atoms with Gasteiger partial charge in [0.25, 0.3) is 10.0 Å². The Kier molecular flexibility index (Phi) is 4.61. The lowest BCUT2D eigenvalue weighted by molar-refractivity contribution is 0.00813. The van der Waals surface area contributed by atoms with Crippen LogP contribution in [0.5, 0.6) is 0 Å². The van der Waals surface area contributed by atoms with Gasteiger partial charge in [-0.25, -0.2) is 8.42 Å². The van der Waals surface area contributed by atoms with Crippen LogP contribution in [0.2, 0.25) is 0 Å². The van der Waals surface area contributed by atoms with Gasteiger partial charge in [0.2, 0.25) is 0 Å². The zero-order valence-electron chi connectivity index (χ0n) is 14.6. The summed E-state index contributed by atoms with van der Waals surface area (Å²) in [6.07, 6.45) is 3.36. The molecule has 2 aliphatic heterocycles. The fraction of sp³-hybridized carbons (Fsp3) is 0.812. The van der Waals surface area contributed by atoms with Crippen LogP contribution in [0.25, 0.3) is 0 Å². The van der Waals surface area contributed by atoms with Crippen LogP contribution >= 0.6 is 0 Å². The average molecular weight is 370 g/mol. The van der Waals surface area contributed by atoms with Crippen LogP contribution < -0.4 is 0 Å². The smallest absolute Gasteiger partial charge is 0.262 e. The molecule has 4 rings (SSSR count). The van der Waals surface area contributed by atoms with Crippen molar-refractivity contribution in [2.75, 3.05) is 46.5 Å². The first kappa shape index (κ1) is 17.4. The van der Waals surface area contributed by atoms with Crippen molar-refractivity contribution in [1.29, 1.82) is 0 Å². The van der Waals surface area contributed by atoms with E-state index in [1.807, 2.05) is 0 Å². The monoisotopic (exact) mass is 370 g/mol. The molecule has 3 heterocycles. The van der Waals surface area contributed by atoms with E-state index in [1.54, 1.807) is 17.5 Å². The molecule has 1 unspecified atom stereocenters. The quantitative estimate of drug-likeness (QED) is 0.809. The number of morpholine rings is 1. The highest BCUT2D eigenvalue weighted by Gasteiger charge is 2.53. The number of sulfonamides is 1. The number of H-pyrrole nitrogens is 1. The Labute approximate surface area is 148 Å². The van der Waals surface area contributed by atoms with Crippen LogP contribution in [0.4, 0.5) is 0 Å². The average Bonchev–Trinajstić information content (AvgIpc) is 3.22. The largest absolute Gasteiger partial charge is 0.379 e. The predicted octanol–water partition coefficient (Wildman–Crippen LogP) is 0.432. The van der Waals surface area contributed by atoms with Gasteiger partial charge in [0.15, 0.2) is 5.03 Å². The second-order valence-electron chi connectivity index (χ2n) is 7.48. The van der Waals surface area contributed by atoms with Crippen molar-refractivity contribution in [2.45, 2.75) is 36.9 Å². The first-order chi connectivity index (χ1) is 12.0. The highest BCUT2D eigenvalue weighted by atomic mass is 32.2. The number of methoxy groups -OCH3 is 1. The van der Waals surface area contributed by atoms with E-state index < -0.39 is 10.0 Å². The molecule has 1 aliphatic carbocycles. The lowest BCUT2D eigenvalue weighted by Crippen LogP contribution is -2.57. The molecule has 9 heteroatoms. The summed E-state index contributed by atoms with van der Waals surface area (Å²) in [6.45, 7) is 5.18. The summed E-state index contributed by atoms with van der Waals surface area (Å²) < 4.78 is 37.5. The number of nitrogens with zero attached hydrogens (tertiary/aromatic N) is 3.